The predicted octanol–water partition coefficient (Wildman–Crippen LogP) is 2.06. The lowest BCUT2D eigenvalue weighted by Crippen LogP contribution is -2.29. The number of nitrogens with one attached hydrogen (secondary N) is 1. The maximum absolute atomic E-state index is 13.0. The second-order valence-electron chi connectivity index (χ2n) is 3.18. The van der Waals surface area contributed by atoms with Crippen molar-refractivity contribution in [1.82, 2.24) is 5.48 Å². The van der Waals surface area contributed by atoms with E-state index in [1.165, 1.54) is 7.11 Å². The Hall–Kier alpha value is -1.83. The second kappa shape index (κ2) is 5.67. The lowest BCUT2D eigenvalue weighted by atomic mass is 10.2. The van der Waals surface area contributed by atoms with Crippen LogP contribution in [-0.4, -0.2) is 25.8 Å². The lowest BCUT2D eigenvalue weighted by Gasteiger charge is -2.09. The summed E-state index contributed by atoms with van der Waals surface area (Å²) in [6, 6.07) is 3.09. The Bertz CT molecular complexity index is 434. The van der Waals surface area contributed by atoms with E-state index in [9.17, 15) is 22.4 Å². The molecule has 0 unspecified atom stereocenters. The van der Waals surface area contributed by atoms with Gasteiger partial charge in [0.05, 0.1) is 7.11 Å². The van der Waals surface area contributed by atoms with E-state index in [1.807, 2.05) is 0 Å². The predicted molar refractivity (Wildman–Crippen MR) is 52.4 cm³/mol. The number of amides is 1. The van der Waals surface area contributed by atoms with Gasteiger partial charge in [-0.2, -0.15) is 13.2 Å². The summed E-state index contributed by atoms with van der Waals surface area (Å²) < 4.78 is 52.8. The molecule has 1 aromatic carbocycles. The SMILES string of the molecule is COc1cc(C(=O)NOCC(F)(F)F)ccc1F. The van der Waals surface area contributed by atoms with Gasteiger partial charge in [-0.05, 0) is 18.2 Å². The average molecular weight is 267 g/mol. The number of rotatable bonds is 4. The number of hydrogen-bond acceptors (Lipinski definition) is 3. The Balaban J connectivity index is 2.62. The van der Waals surface area contributed by atoms with Crippen molar-refractivity contribution >= 4 is 5.91 Å². The molecular formula is C10H9F4NO3. The molecule has 0 radical (unpaired) electrons. The number of hydroxylamine groups is 1. The van der Waals surface area contributed by atoms with Crippen LogP contribution in [0.4, 0.5) is 17.6 Å². The summed E-state index contributed by atoms with van der Waals surface area (Å²) in [5, 5.41) is 0. The van der Waals surface area contributed by atoms with Crippen LogP contribution in [0.25, 0.3) is 0 Å². The molecule has 0 atom stereocenters. The number of halogens is 4. The molecule has 100 valence electrons. The molecule has 4 nitrogen and oxygen atoms in total. The molecule has 0 spiro atoms. The molecule has 0 aliphatic rings. The van der Waals surface area contributed by atoms with Crippen LogP contribution in [0.1, 0.15) is 10.4 Å². The average Bonchev–Trinajstić information content (AvgIpc) is 2.27. The molecule has 0 bridgehead atoms. The summed E-state index contributed by atoms with van der Waals surface area (Å²) in [6.07, 6.45) is -4.55. The van der Waals surface area contributed by atoms with Gasteiger partial charge in [0.25, 0.3) is 5.91 Å². The largest absolute Gasteiger partial charge is 0.494 e. The van der Waals surface area contributed by atoms with Gasteiger partial charge in [0.15, 0.2) is 18.2 Å². The van der Waals surface area contributed by atoms with Gasteiger partial charge in [-0.3, -0.25) is 9.63 Å². The Morgan fingerprint density at radius 3 is 2.61 bits per heavy atom. The first-order valence-electron chi connectivity index (χ1n) is 4.66. The van der Waals surface area contributed by atoms with E-state index in [4.69, 9.17) is 0 Å². The van der Waals surface area contributed by atoms with Crippen molar-refractivity contribution in [3.63, 3.8) is 0 Å². The molecule has 18 heavy (non-hydrogen) atoms. The highest BCUT2D eigenvalue weighted by atomic mass is 19.4. The van der Waals surface area contributed by atoms with Crippen molar-refractivity contribution in [3.8, 4) is 5.75 Å². The highest BCUT2D eigenvalue weighted by molar-refractivity contribution is 5.93. The summed E-state index contributed by atoms with van der Waals surface area (Å²) in [5.74, 6) is -1.82. The van der Waals surface area contributed by atoms with Gasteiger partial charge < -0.3 is 4.74 Å². The molecule has 8 heteroatoms. The first-order valence-corrected chi connectivity index (χ1v) is 4.66. The van der Waals surface area contributed by atoms with E-state index in [2.05, 4.69) is 9.57 Å². The number of hydrogen-bond donors (Lipinski definition) is 1. The van der Waals surface area contributed by atoms with Crippen molar-refractivity contribution in [1.29, 1.82) is 0 Å². The van der Waals surface area contributed by atoms with Crippen molar-refractivity contribution in [2.45, 2.75) is 6.18 Å². The molecule has 1 N–H and O–H groups in total. The third-order valence-corrected chi connectivity index (χ3v) is 1.81. The van der Waals surface area contributed by atoms with Gasteiger partial charge >= 0.3 is 6.18 Å². The van der Waals surface area contributed by atoms with Crippen molar-refractivity contribution < 1.29 is 31.9 Å². The van der Waals surface area contributed by atoms with Crippen LogP contribution in [0.2, 0.25) is 0 Å². The third kappa shape index (κ3) is 4.21. The Kier molecular flexibility index (Phi) is 4.49. The topological polar surface area (TPSA) is 47.6 Å². The van der Waals surface area contributed by atoms with Crippen LogP contribution in [0.3, 0.4) is 0 Å². The van der Waals surface area contributed by atoms with Gasteiger partial charge in [0.1, 0.15) is 0 Å². The van der Waals surface area contributed by atoms with Crippen LogP contribution in [0.5, 0.6) is 5.75 Å². The molecule has 0 heterocycles. The van der Waals surface area contributed by atoms with Crippen LogP contribution in [0, 0.1) is 5.82 Å². The van der Waals surface area contributed by atoms with Crippen LogP contribution in [0.15, 0.2) is 18.2 Å². The Labute approximate surface area is 99.4 Å². The van der Waals surface area contributed by atoms with E-state index < -0.39 is 24.5 Å². The summed E-state index contributed by atoms with van der Waals surface area (Å²) in [4.78, 5) is 15.3. The molecule has 0 aliphatic heterocycles. The van der Waals surface area contributed by atoms with Crippen molar-refractivity contribution in [3.05, 3.63) is 29.6 Å². The van der Waals surface area contributed by atoms with Crippen LogP contribution in [-0.2, 0) is 4.84 Å². The molecule has 0 saturated heterocycles. The Morgan fingerprint density at radius 2 is 2.06 bits per heavy atom. The second-order valence-corrected chi connectivity index (χ2v) is 3.18. The molecule has 1 amide bonds. The number of carbonyl (C=O) groups excluding carboxylic acids is 1. The summed E-state index contributed by atoms with van der Waals surface area (Å²) in [6.45, 7) is -1.61. The zero-order chi connectivity index (χ0) is 13.8. The summed E-state index contributed by atoms with van der Waals surface area (Å²) >= 11 is 0. The minimum atomic E-state index is -4.55. The molecule has 1 rings (SSSR count). The standard InChI is InChI=1S/C10H9F4NO3/c1-17-8-4-6(2-3-7(8)11)9(16)15-18-5-10(12,13)14/h2-4H,5H2,1H3,(H,15,16). The van der Waals surface area contributed by atoms with Gasteiger partial charge in [-0.25, -0.2) is 9.87 Å². The van der Waals surface area contributed by atoms with Gasteiger partial charge in [-0.15, -0.1) is 0 Å². The third-order valence-electron chi connectivity index (χ3n) is 1.81. The molecular weight excluding hydrogens is 258 g/mol. The number of ether oxygens (including phenoxy) is 1. The number of alkyl halides is 3. The first kappa shape index (κ1) is 14.2. The number of carbonyl (C=O) groups is 1. The fourth-order valence-electron chi connectivity index (χ4n) is 1.04. The zero-order valence-corrected chi connectivity index (χ0v) is 9.18. The monoisotopic (exact) mass is 267 g/mol. The highest BCUT2D eigenvalue weighted by Gasteiger charge is 2.28. The van der Waals surface area contributed by atoms with Crippen LogP contribution < -0.4 is 10.2 Å². The van der Waals surface area contributed by atoms with Gasteiger partial charge in [0, 0.05) is 5.56 Å². The molecule has 0 aliphatic carbocycles. The van der Waals surface area contributed by atoms with Crippen LogP contribution >= 0.6 is 0 Å². The summed E-state index contributed by atoms with van der Waals surface area (Å²) in [7, 11) is 1.19. The van der Waals surface area contributed by atoms with Crippen molar-refractivity contribution in [2.24, 2.45) is 0 Å². The van der Waals surface area contributed by atoms with Crippen molar-refractivity contribution in [2.75, 3.05) is 13.7 Å². The lowest BCUT2D eigenvalue weighted by molar-refractivity contribution is -0.184. The summed E-state index contributed by atoms with van der Waals surface area (Å²) in [5.41, 5.74) is 1.50. The van der Waals surface area contributed by atoms with E-state index in [1.54, 1.807) is 5.48 Å². The molecule has 0 fully saturated rings. The van der Waals surface area contributed by atoms with E-state index in [0.29, 0.717) is 0 Å². The first-order chi connectivity index (χ1) is 8.33. The van der Waals surface area contributed by atoms with E-state index in [0.717, 1.165) is 18.2 Å². The Morgan fingerprint density at radius 1 is 1.39 bits per heavy atom. The minimum absolute atomic E-state index is 0.0876. The number of benzene rings is 1. The van der Waals surface area contributed by atoms with E-state index >= 15 is 0 Å². The quantitative estimate of drug-likeness (QED) is 0.671. The fourth-order valence-corrected chi connectivity index (χ4v) is 1.04. The zero-order valence-electron chi connectivity index (χ0n) is 9.18. The number of methoxy groups -OCH3 is 1. The van der Waals surface area contributed by atoms with E-state index in [-0.39, 0.29) is 11.3 Å². The highest BCUT2D eigenvalue weighted by Crippen LogP contribution is 2.18. The normalized spacial score (nSPS) is 11.2. The smallest absolute Gasteiger partial charge is 0.414 e. The van der Waals surface area contributed by atoms with Gasteiger partial charge in [-0.1, -0.05) is 0 Å². The minimum Gasteiger partial charge on any atom is -0.494 e. The maximum Gasteiger partial charge on any atom is 0.414 e. The maximum atomic E-state index is 13.0. The molecule has 0 aromatic heterocycles. The molecule has 0 saturated carbocycles. The fraction of sp³-hybridized carbons (Fsp3) is 0.300. The van der Waals surface area contributed by atoms with Gasteiger partial charge in [0.2, 0.25) is 0 Å². The molecule has 1 aromatic rings.